The molecule has 1 nitrogen and oxygen atoms in total. The van der Waals surface area contributed by atoms with Crippen LogP contribution in [-0.4, -0.2) is 0 Å². The number of hydrogen-bond acceptors (Lipinski definition) is 1. The molecule has 0 spiro atoms. The van der Waals surface area contributed by atoms with Crippen LogP contribution in [0.5, 0.6) is 0 Å². The summed E-state index contributed by atoms with van der Waals surface area (Å²) in [5, 5.41) is 2.35. The molecule has 1 heteroatoms. The van der Waals surface area contributed by atoms with Crippen molar-refractivity contribution in [2.24, 2.45) is 0 Å². The molecule has 6 rings (SSSR count). The second-order valence-electron chi connectivity index (χ2n) is 8.71. The predicted octanol–water partition coefficient (Wildman–Crippen LogP) is 8.89. The molecule has 0 saturated heterocycles. The van der Waals surface area contributed by atoms with Crippen molar-refractivity contribution in [3.05, 3.63) is 95.6 Å². The number of benzene rings is 4. The molecule has 0 radical (unpaired) electrons. The van der Waals surface area contributed by atoms with Gasteiger partial charge in [0.25, 0.3) is 0 Å². The minimum atomic E-state index is -0.00549. The summed E-state index contributed by atoms with van der Waals surface area (Å²) in [4.78, 5) is 0. The van der Waals surface area contributed by atoms with Gasteiger partial charge in [-0.2, -0.15) is 0 Å². The third-order valence-electron chi connectivity index (χ3n) is 6.55. The molecule has 0 amide bonds. The van der Waals surface area contributed by atoms with Gasteiger partial charge in [0.2, 0.25) is 0 Å². The fourth-order valence-corrected chi connectivity index (χ4v) is 4.99. The Morgan fingerprint density at radius 2 is 1.32 bits per heavy atom. The van der Waals surface area contributed by atoms with Crippen molar-refractivity contribution < 1.29 is 4.42 Å². The highest BCUT2D eigenvalue weighted by molar-refractivity contribution is 6.09. The van der Waals surface area contributed by atoms with Crippen LogP contribution in [0.3, 0.4) is 0 Å². The maximum Gasteiger partial charge on any atom is 0.143 e. The zero-order valence-electron chi connectivity index (χ0n) is 18.9. The molecule has 0 unspecified atom stereocenters. The molecule has 5 aromatic rings. The SMILES string of the molecule is CC.Cc1ccc2c(c1)C(C)(C)c1cc(-c3cccc4c3oc3ccccc34)ccc1-2. The maximum atomic E-state index is 6.29. The number of para-hydroxylation sites is 2. The Bertz CT molecular complexity index is 1430. The molecule has 0 N–H and O–H groups in total. The molecule has 1 aliphatic rings. The topological polar surface area (TPSA) is 13.1 Å². The summed E-state index contributed by atoms with van der Waals surface area (Å²) in [6.45, 7) is 10.8. The van der Waals surface area contributed by atoms with E-state index in [1.54, 1.807) is 0 Å². The lowest BCUT2D eigenvalue weighted by Crippen LogP contribution is -2.15. The van der Waals surface area contributed by atoms with Crippen LogP contribution in [0, 0.1) is 6.92 Å². The van der Waals surface area contributed by atoms with Gasteiger partial charge in [0.1, 0.15) is 11.2 Å². The Labute approximate surface area is 184 Å². The van der Waals surface area contributed by atoms with Crippen molar-refractivity contribution >= 4 is 21.9 Å². The minimum Gasteiger partial charge on any atom is -0.455 e. The normalized spacial score (nSPS) is 13.6. The van der Waals surface area contributed by atoms with Crippen molar-refractivity contribution in [3.8, 4) is 22.3 Å². The van der Waals surface area contributed by atoms with Crippen LogP contribution in [0.15, 0.2) is 83.3 Å². The van der Waals surface area contributed by atoms with Gasteiger partial charge < -0.3 is 4.42 Å². The van der Waals surface area contributed by atoms with E-state index in [0.29, 0.717) is 0 Å². The van der Waals surface area contributed by atoms with E-state index < -0.39 is 0 Å². The highest BCUT2D eigenvalue weighted by Crippen LogP contribution is 2.50. The Morgan fingerprint density at radius 3 is 2.13 bits per heavy atom. The predicted molar refractivity (Wildman–Crippen MR) is 133 cm³/mol. The minimum absolute atomic E-state index is 0.00549. The van der Waals surface area contributed by atoms with E-state index in [1.165, 1.54) is 44.2 Å². The highest BCUT2D eigenvalue weighted by Gasteiger charge is 2.35. The van der Waals surface area contributed by atoms with E-state index in [1.807, 2.05) is 26.0 Å². The van der Waals surface area contributed by atoms with Crippen LogP contribution in [0.1, 0.15) is 44.4 Å². The Kier molecular flexibility index (Phi) is 4.51. The van der Waals surface area contributed by atoms with E-state index in [2.05, 4.69) is 87.5 Å². The van der Waals surface area contributed by atoms with E-state index in [4.69, 9.17) is 4.42 Å². The average molecular weight is 405 g/mol. The smallest absolute Gasteiger partial charge is 0.143 e. The van der Waals surface area contributed by atoms with Crippen LogP contribution >= 0.6 is 0 Å². The summed E-state index contributed by atoms with van der Waals surface area (Å²) in [7, 11) is 0. The fraction of sp³-hybridized carbons (Fsp3) is 0.200. The lowest BCUT2D eigenvalue weighted by Gasteiger charge is -2.22. The number of aryl methyl sites for hydroxylation is 1. The van der Waals surface area contributed by atoms with Crippen LogP contribution in [-0.2, 0) is 5.41 Å². The average Bonchev–Trinajstić information content (AvgIpc) is 3.28. The van der Waals surface area contributed by atoms with Crippen LogP contribution in [0.25, 0.3) is 44.2 Å². The molecular weight excluding hydrogens is 376 g/mol. The molecule has 31 heavy (non-hydrogen) atoms. The molecule has 1 heterocycles. The van der Waals surface area contributed by atoms with Gasteiger partial charge >= 0.3 is 0 Å². The summed E-state index contributed by atoms with van der Waals surface area (Å²) in [6.07, 6.45) is 0. The summed E-state index contributed by atoms with van der Waals surface area (Å²) < 4.78 is 6.29. The number of fused-ring (bicyclic) bond motifs is 6. The van der Waals surface area contributed by atoms with Crippen molar-refractivity contribution in [1.29, 1.82) is 0 Å². The van der Waals surface area contributed by atoms with E-state index in [0.717, 1.165) is 16.7 Å². The van der Waals surface area contributed by atoms with Gasteiger partial charge in [0.15, 0.2) is 0 Å². The van der Waals surface area contributed by atoms with Crippen molar-refractivity contribution in [1.82, 2.24) is 0 Å². The van der Waals surface area contributed by atoms with Crippen LogP contribution < -0.4 is 0 Å². The van der Waals surface area contributed by atoms with E-state index in [9.17, 15) is 0 Å². The Balaban J connectivity index is 0.000000994. The maximum absolute atomic E-state index is 6.29. The van der Waals surface area contributed by atoms with Gasteiger partial charge in [-0.1, -0.05) is 100.0 Å². The second kappa shape index (κ2) is 7.13. The quantitative estimate of drug-likeness (QED) is 0.272. The Hall–Kier alpha value is -3.32. The molecule has 0 saturated carbocycles. The van der Waals surface area contributed by atoms with Gasteiger partial charge in [-0.15, -0.1) is 0 Å². The molecule has 1 aromatic heterocycles. The highest BCUT2D eigenvalue weighted by atomic mass is 16.3. The third-order valence-corrected chi connectivity index (χ3v) is 6.55. The molecule has 0 aliphatic heterocycles. The van der Waals surface area contributed by atoms with Crippen molar-refractivity contribution in [2.75, 3.05) is 0 Å². The first kappa shape index (κ1) is 19.6. The molecule has 0 fully saturated rings. The standard InChI is InChI=1S/C28H22O.C2H6/c1-17-11-13-20-21-14-12-18(16-25(21)28(2,3)24(20)15-17)19-8-6-9-23-22-7-4-5-10-26(22)29-27(19)23;1-2/h4-16H,1-3H3;1-2H3. The summed E-state index contributed by atoms with van der Waals surface area (Å²) in [6, 6.07) is 28.5. The van der Waals surface area contributed by atoms with Gasteiger partial charge in [-0.25, -0.2) is 0 Å². The number of hydrogen-bond donors (Lipinski definition) is 0. The summed E-state index contributed by atoms with van der Waals surface area (Å²) >= 11 is 0. The van der Waals surface area contributed by atoms with Gasteiger partial charge in [0, 0.05) is 21.8 Å². The first-order valence-electron chi connectivity index (χ1n) is 11.2. The lowest BCUT2D eigenvalue weighted by atomic mass is 9.81. The van der Waals surface area contributed by atoms with Gasteiger partial charge in [0.05, 0.1) is 0 Å². The molecule has 1 aliphatic carbocycles. The Morgan fingerprint density at radius 1 is 0.645 bits per heavy atom. The van der Waals surface area contributed by atoms with E-state index >= 15 is 0 Å². The fourth-order valence-electron chi connectivity index (χ4n) is 4.99. The molecule has 0 bridgehead atoms. The van der Waals surface area contributed by atoms with Crippen LogP contribution in [0.4, 0.5) is 0 Å². The van der Waals surface area contributed by atoms with Crippen molar-refractivity contribution in [3.63, 3.8) is 0 Å². The molecule has 154 valence electrons. The molecule has 4 aromatic carbocycles. The number of rotatable bonds is 1. The zero-order valence-corrected chi connectivity index (χ0v) is 18.9. The number of furan rings is 1. The first-order chi connectivity index (χ1) is 15.0. The van der Waals surface area contributed by atoms with Gasteiger partial charge in [-0.05, 0) is 46.9 Å². The van der Waals surface area contributed by atoms with Crippen molar-refractivity contribution in [2.45, 2.75) is 40.0 Å². The largest absolute Gasteiger partial charge is 0.455 e. The summed E-state index contributed by atoms with van der Waals surface area (Å²) in [5.41, 5.74) is 11.1. The van der Waals surface area contributed by atoms with Crippen LogP contribution in [0.2, 0.25) is 0 Å². The monoisotopic (exact) mass is 404 g/mol. The van der Waals surface area contributed by atoms with Gasteiger partial charge in [-0.3, -0.25) is 0 Å². The zero-order chi connectivity index (χ0) is 21.8. The first-order valence-corrected chi connectivity index (χ1v) is 11.2. The molecule has 0 atom stereocenters. The molecular formula is C30H28O. The third kappa shape index (κ3) is 2.84. The second-order valence-corrected chi connectivity index (χ2v) is 8.71. The lowest BCUT2D eigenvalue weighted by molar-refractivity contribution is 0.659. The van der Waals surface area contributed by atoms with E-state index in [-0.39, 0.29) is 5.41 Å². The summed E-state index contributed by atoms with van der Waals surface area (Å²) in [5.74, 6) is 0.